The number of carbonyl (C=O) groups is 1. The van der Waals surface area contributed by atoms with Crippen molar-refractivity contribution in [3.63, 3.8) is 0 Å². The van der Waals surface area contributed by atoms with Crippen molar-refractivity contribution >= 4 is 16.8 Å². The number of rotatable bonds is 5. The Morgan fingerprint density at radius 1 is 1.13 bits per heavy atom. The zero-order chi connectivity index (χ0) is 21.4. The van der Waals surface area contributed by atoms with E-state index in [0.717, 1.165) is 36.0 Å². The summed E-state index contributed by atoms with van der Waals surface area (Å²) in [4.78, 5) is 16.5. The van der Waals surface area contributed by atoms with Gasteiger partial charge in [-0.05, 0) is 49.1 Å². The summed E-state index contributed by atoms with van der Waals surface area (Å²) in [5.41, 5.74) is 5.37. The fourth-order valence-electron chi connectivity index (χ4n) is 4.38. The lowest BCUT2D eigenvalue weighted by atomic mass is 9.91. The monoisotopic (exact) mass is 416 g/mol. The Labute approximate surface area is 179 Å². The minimum absolute atomic E-state index is 0.0501. The smallest absolute Gasteiger partial charge is 0.269 e. The van der Waals surface area contributed by atoms with Crippen LogP contribution in [0.5, 0.6) is 11.5 Å². The fraction of sp³-hybridized carbons (Fsp3) is 0.250. The van der Waals surface area contributed by atoms with Crippen LogP contribution < -0.4 is 14.8 Å². The van der Waals surface area contributed by atoms with E-state index in [4.69, 9.17) is 9.47 Å². The Balaban J connectivity index is 1.39. The highest BCUT2D eigenvalue weighted by atomic mass is 16.5. The third-order valence-electron chi connectivity index (χ3n) is 5.93. The topological polar surface area (TPSA) is 92.0 Å². The van der Waals surface area contributed by atoms with Crippen LogP contribution in [-0.4, -0.2) is 35.3 Å². The zero-order valence-electron chi connectivity index (χ0n) is 17.5. The highest BCUT2D eigenvalue weighted by Crippen LogP contribution is 2.35. The number of aromatic amines is 2. The van der Waals surface area contributed by atoms with Crippen LogP contribution in [0.3, 0.4) is 0 Å². The van der Waals surface area contributed by atoms with Crippen LogP contribution >= 0.6 is 0 Å². The number of carbonyl (C=O) groups excluding carboxylic acids is 1. The second-order valence-electron chi connectivity index (χ2n) is 7.71. The number of H-pyrrole nitrogens is 2. The van der Waals surface area contributed by atoms with Crippen molar-refractivity contribution < 1.29 is 14.3 Å². The lowest BCUT2D eigenvalue weighted by molar-refractivity contribution is 0.0927. The van der Waals surface area contributed by atoms with E-state index in [9.17, 15) is 4.79 Å². The van der Waals surface area contributed by atoms with Gasteiger partial charge in [0.15, 0.2) is 0 Å². The zero-order valence-corrected chi connectivity index (χ0v) is 17.5. The number of aryl methyl sites for hydroxylation is 1. The molecule has 4 aromatic rings. The van der Waals surface area contributed by atoms with Gasteiger partial charge in [-0.2, -0.15) is 5.10 Å². The van der Waals surface area contributed by atoms with Crippen LogP contribution in [0.1, 0.15) is 40.6 Å². The van der Waals surface area contributed by atoms with E-state index in [2.05, 4.69) is 38.7 Å². The standard InChI is InChI=1S/C24H24N4O3/c1-30-14-10-11-17(22(12-14)31-2)20-13-21(28-27-20)24(29)26-19-9-5-7-16-15-6-3-4-8-18(15)25-23(16)19/h3-4,6,8,10-13,19,25H,5,7,9H2,1-2H3,(H,26,29)(H,27,28)/t19-/m0/s1. The highest BCUT2D eigenvalue weighted by molar-refractivity contribution is 5.94. The number of para-hydroxylation sites is 1. The lowest BCUT2D eigenvalue weighted by Crippen LogP contribution is -2.31. The molecule has 1 aliphatic rings. The molecule has 0 fully saturated rings. The van der Waals surface area contributed by atoms with Gasteiger partial charge in [-0.15, -0.1) is 0 Å². The molecular weight excluding hydrogens is 392 g/mol. The Morgan fingerprint density at radius 2 is 2.00 bits per heavy atom. The number of methoxy groups -OCH3 is 2. The van der Waals surface area contributed by atoms with E-state index in [0.29, 0.717) is 22.9 Å². The molecule has 2 aromatic carbocycles. The molecule has 0 radical (unpaired) electrons. The van der Waals surface area contributed by atoms with Gasteiger partial charge >= 0.3 is 0 Å². The first-order valence-electron chi connectivity index (χ1n) is 10.4. The summed E-state index contributed by atoms with van der Waals surface area (Å²) in [7, 11) is 3.20. The Hall–Kier alpha value is -3.74. The number of nitrogens with one attached hydrogen (secondary N) is 3. The maximum absolute atomic E-state index is 13.0. The van der Waals surface area contributed by atoms with Crippen molar-refractivity contribution in [3.8, 4) is 22.8 Å². The maximum Gasteiger partial charge on any atom is 0.269 e. The number of ether oxygens (including phenoxy) is 2. The number of hydrogen-bond acceptors (Lipinski definition) is 4. The molecular formula is C24H24N4O3. The Bertz CT molecular complexity index is 1260. The molecule has 0 unspecified atom stereocenters. The molecule has 1 atom stereocenters. The van der Waals surface area contributed by atoms with Crippen molar-refractivity contribution in [1.29, 1.82) is 0 Å². The van der Waals surface area contributed by atoms with E-state index in [1.165, 1.54) is 10.9 Å². The first kappa shape index (κ1) is 19.2. The molecule has 158 valence electrons. The summed E-state index contributed by atoms with van der Waals surface area (Å²) < 4.78 is 10.7. The first-order valence-corrected chi connectivity index (χ1v) is 10.4. The lowest BCUT2D eigenvalue weighted by Gasteiger charge is -2.23. The molecule has 3 N–H and O–H groups in total. The predicted molar refractivity (Wildman–Crippen MR) is 119 cm³/mol. The van der Waals surface area contributed by atoms with Crippen LogP contribution in [0.25, 0.3) is 22.2 Å². The van der Waals surface area contributed by atoms with Crippen molar-refractivity contribution in [2.45, 2.75) is 25.3 Å². The normalized spacial score (nSPS) is 15.5. The van der Waals surface area contributed by atoms with Gasteiger partial charge in [-0.25, -0.2) is 0 Å². The summed E-state index contributed by atoms with van der Waals surface area (Å²) >= 11 is 0. The second-order valence-corrected chi connectivity index (χ2v) is 7.71. The number of amides is 1. The molecule has 0 aliphatic heterocycles. The van der Waals surface area contributed by atoms with Crippen molar-refractivity contribution in [3.05, 3.63) is 65.5 Å². The summed E-state index contributed by atoms with van der Waals surface area (Å²) in [5, 5.41) is 11.6. The molecule has 2 aromatic heterocycles. The Morgan fingerprint density at radius 3 is 2.84 bits per heavy atom. The average molecular weight is 416 g/mol. The van der Waals surface area contributed by atoms with Gasteiger partial charge in [0.05, 0.1) is 26.0 Å². The molecule has 0 spiro atoms. The molecule has 7 heteroatoms. The summed E-state index contributed by atoms with van der Waals surface area (Å²) in [6.45, 7) is 0. The van der Waals surface area contributed by atoms with Crippen LogP contribution in [0, 0.1) is 0 Å². The van der Waals surface area contributed by atoms with Crippen LogP contribution in [0.4, 0.5) is 0 Å². The summed E-state index contributed by atoms with van der Waals surface area (Å²) in [5.74, 6) is 1.15. The average Bonchev–Trinajstić information content (AvgIpc) is 3.44. The number of fused-ring (bicyclic) bond motifs is 3. The van der Waals surface area contributed by atoms with Gasteiger partial charge in [0.2, 0.25) is 0 Å². The summed E-state index contributed by atoms with van der Waals surface area (Å²) in [6.07, 6.45) is 2.97. The van der Waals surface area contributed by atoms with Crippen molar-refractivity contribution in [2.24, 2.45) is 0 Å². The second kappa shape index (κ2) is 7.83. The minimum Gasteiger partial charge on any atom is -0.497 e. The third kappa shape index (κ3) is 3.42. The molecule has 2 heterocycles. The van der Waals surface area contributed by atoms with E-state index in [-0.39, 0.29) is 11.9 Å². The molecule has 7 nitrogen and oxygen atoms in total. The van der Waals surface area contributed by atoms with Gasteiger partial charge < -0.3 is 19.8 Å². The van der Waals surface area contributed by atoms with Gasteiger partial charge in [0.25, 0.3) is 5.91 Å². The van der Waals surface area contributed by atoms with Gasteiger partial charge in [0, 0.05) is 28.2 Å². The van der Waals surface area contributed by atoms with Crippen LogP contribution in [0.15, 0.2) is 48.5 Å². The predicted octanol–water partition coefficient (Wildman–Crippen LogP) is 4.38. The van der Waals surface area contributed by atoms with Crippen molar-refractivity contribution in [1.82, 2.24) is 20.5 Å². The van der Waals surface area contributed by atoms with Crippen LogP contribution in [0.2, 0.25) is 0 Å². The van der Waals surface area contributed by atoms with Crippen LogP contribution in [-0.2, 0) is 6.42 Å². The van der Waals surface area contributed by atoms with Crippen molar-refractivity contribution in [2.75, 3.05) is 14.2 Å². The van der Waals surface area contributed by atoms with Gasteiger partial charge in [-0.1, -0.05) is 18.2 Å². The minimum atomic E-state index is -0.178. The quantitative estimate of drug-likeness (QED) is 0.450. The Kier molecular flexibility index (Phi) is 4.86. The molecule has 1 amide bonds. The third-order valence-corrected chi connectivity index (χ3v) is 5.93. The molecule has 31 heavy (non-hydrogen) atoms. The largest absolute Gasteiger partial charge is 0.497 e. The van der Waals surface area contributed by atoms with Gasteiger partial charge in [0.1, 0.15) is 17.2 Å². The number of hydrogen-bond donors (Lipinski definition) is 3. The molecule has 0 bridgehead atoms. The van der Waals surface area contributed by atoms with E-state index < -0.39 is 0 Å². The molecule has 0 saturated carbocycles. The van der Waals surface area contributed by atoms with E-state index >= 15 is 0 Å². The highest BCUT2D eigenvalue weighted by Gasteiger charge is 2.26. The SMILES string of the molecule is COc1ccc(-c2cc(C(=O)N[C@H]3CCCc4c3[nH]c3ccccc43)[nH]n2)c(OC)c1. The first-order chi connectivity index (χ1) is 15.2. The van der Waals surface area contributed by atoms with E-state index in [1.54, 1.807) is 26.4 Å². The van der Waals surface area contributed by atoms with Gasteiger partial charge in [-0.3, -0.25) is 9.89 Å². The number of nitrogens with zero attached hydrogens (tertiary/aromatic N) is 1. The number of benzene rings is 2. The van der Waals surface area contributed by atoms with E-state index in [1.807, 2.05) is 18.2 Å². The molecule has 5 rings (SSSR count). The molecule has 0 saturated heterocycles. The molecule has 1 aliphatic carbocycles. The number of aromatic nitrogens is 3. The maximum atomic E-state index is 13.0. The fourth-order valence-corrected chi connectivity index (χ4v) is 4.38. The summed E-state index contributed by atoms with van der Waals surface area (Å²) in [6, 6.07) is 15.5.